The van der Waals surface area contributed by atoms with Gasteiger partial charge in [0.15, 0.2) is 0 Å². The van der Waals surface area contributed by atoms with E-state index >= 15 is 0 Å². The van der Waals surface area contributed by atoms with Crippen molar-refractivity contribution in [3.63, 3.8) is 0 Å². The number of carbonyl (C=O) groups is 2. The van der Waals surface area contributed by atoms with Crippen LogP contribution in [0.1, 0.15) is 19.8 Å². The van der Waals surface area contributed by atoms with Gasteiger partial charge in [0.2, 0.25) is 0 Å². The highest BCUT2D eigenvalue weighted by Gasteiger charge is 2.38. The fourth-order valence-corrected chi connectivity index (χ4v) is 2.79. The molecule has 7 heteroatoms. The summed E-state index contributed by atoms with van der Waals surface area (Å²) in [6, 6.07) is -0.371. The van der Waals surface area contributed by atoms with Crippen LogP contribution in [0.25, 0.3) is 0 Å². The number of carboxylic acids is 1. The lowest BCUT2D eigenvalue weighted by atomic mass is 9.92. The Kier molecular flexibility index (Phi) is 3.96. The lowest BCUT2D eigenvalue weighted by molar-refractivity contribution is -0.143. The maximum atomic E-state index is 12.3. The van der Waals surface area contributed by atoms with E-state index < -0.39 is 24.1 Å². The van der Waals surface area contributed by atoms with E-state index in [0.717, 1.165) is 0 Å². The Morgan fingerprint density at radius 3 is 2.21 bits per heavy atom. The van der Waals surface area contributed by atoms with Crippen LogP contribution in [0.5, 0.6) is 0 Å². The molecule has 2 amide bonds. The van der Waals surface area contributed by atoms with E-state index in [9.17, 15) is 19.8 Å². The second kappa shape index (κ2) is 5.34. The summed E-state index contributed by atoms with van der Waals surface area (Å²) < 4.78 is 0. The molecule has 2 rings (SSSR count). The standard InChI is InChI=1S/C12H20N2O5/c1-7-4-8(11(17)18)2-3-14(7)12(19)13-5-9(15)10(16)6-13/h7-10,15-16H,2-6H2,1H3,(H,17,18). The van der Waals surface area contributed by atoms with Gasteiger partial charge in [-0.25, -0.2) is 4.79 Å². The minimum atomic E-state index is -0.893. The zero-order valence-electron chi connectivity index (χ0n) is 10.9. The summed E-state index contributed by atoms with van der Waals surface area (Å²) in [6.45, 7) is 2.49. The molecule has 4 unspecified atom stereocenters. The smallest absolute Gasteiger partial charge is 0.320 e. The van der Waals surface area contributed by atoms with Gasteiger partial charge in [-0.05, 0) is 19.8 Å². The Balaban J connectivity index is 1.96. The third-order valence-electron chi connectivity index (χ3n) is 4.00. The number of piperidine rings is 1. The van der Waals surface area contributed by atoms with Crippen molar-refractivity contribution in [2.75, 3.05) is 19.6 Å². The summed E-state index contributed by atoms with van der Waals surface area (Å²) >= 11 is 0. The summed E-state index contributed by atoms with van der Waals surface area (Å²) in [6.07, 6.45) is -0.892. The predicted octanol–water partition coefficient (Wildman–Crippen LogP) is -0.671. The Morgan fingerprint density at radius 2 is 1.74 bits per heavy atom. The highest BCUT2D eigenvalue weighted by molar-refractivity contribution is 5.76. The van der Waals surface area contributed by atoms with Gasteiger partial charge in [0.25, 0.3) is 0 Å². The maximum Gasteiger partial charge on any atom is 0.320 e. The molecule has 0 aromatic rings. The number of likely N-dealkylation sites (tertiary alicyclic amines) is 2. The van der Waals surface area contributed by atoms with Gasteiger partial charge in [-0.1, -0.05) is 0 Å². The molecule has 0 bridgehead atoms. The van der Waals surface area contributed by atoms with E-state index in [4.69, 9.17) is 5.11 Å². The molecule has 19 heavy (non-hydrogen) atoms. The van der Waals surface area contributed by atoms with Crippen molar-refractivity contribution in [3.8, 4) is 0 Å². The molecule has 2 saturated heterocycles. The summed E-state index contributed by atoms with van der Waals surface area (Å²) in [5.74, 6) is -1.21. The van der Waals surface area contributed by atoms with Crippen LogP contribution >= 0.6 is 0 Å². The zero-order valence-corrected chi connectivity index (χ0v) is 10.9. The highest BCUT2D eigenvalue weighted by atomic mass is 16.4. The number of nitrogens with zero attached hydrogens (tertiary/aromatic N) is 2. The van der Waals surface area contributed by atoms with Crippen molar-refractivity contribution in [1.29, 1.82) is 0 Å². The second-order valence-corrected chi connectivity index (χ2v) is 5.42. The van der Waals surface area contributed by atoms with E-state index in [0.29, 0.717) is 19.4 Å². The van der Waals surface area contributed by atoms with Crippen LogP contribution in [0.15, 0.2) is 0 Å². The number of aliphatic hydroxyl groups is 2. The molecule has 7 nitrogen and oxygen atoms in total. The minimum Gasteiger partial charge on any atom is -0.481 e. The summed E-state index contributed by atoms with van der Waals surface area (Å²) in [4.78, 5) is 26.3. The summed E-state index contributed by atoms with van der Waals surface area (Å²) in [5.41, 5.74) is 0. The quantitative estimate of drug-likeness (QED) is 0.587. The molecule has 3 N–H and O–H groups in total. The molecule has 4 atom stereocenters. The second-order valence-electron chi connectivity index (χ2n) is 5.42. The lowest BCUT2D eigenvalue weighted by Crippen LogP contribution is -2.51. The molecule has 108 valence electrons. The fraction of sp³-hybridized carbons (Fsp3) is 0.833. The molecule has 0 radical (unpaired) electrons. The SMILES string of the molecule is CC1CC(C(=O)O)CCN1C(=O)N1CC(O)C(O)C1. The van der Waals surface area contributed by atoms with Crippen molar-refractivity contribution < 1.29 is 24.9 Å². The molecule has 0 saturated carbocycles. The van der Waals surface area contributed by atoms with Crippen LogP contribution in [0, 0.1) is 5.92 Å². The number of aliphatic carboxylic acids is 1. The van der Waals surface area contributed by atoms with Crippen molar-refractivity contribution in [2.45, 2.75) is 38.0 Å². The van der Waals surface area contributed by atoms with Gasteiger partial charge >= 0.3 is 12.0 Å². The molecule has 2 aliphatic heterocycles. The normalized spacial score (nSPS) is 35.5. The molecule has 0 aliphatic carbocycles. The Bertz CT molecular complexity index is 365. The Labute approximate surface area is 111 Å². The molecule has 0 spiro atoms. The average molecular weight is 272 g/mol. The molecule has 2 fully saturated rings. The number of aliphatic hydroxyl groups excluding tert-OH is 2. The number of carboxylic acid groups (broad SMARTS) is 1. The van der Waals surface area contributed by atoms with Crippen LogP contribution in [-0.2, 0) is 4.79 Å². The van der Waals surface area contributed by atoms with Crippen LogP contribution in [-0.4, -0.2) is 75.0 Å². The molecule has 0 aromatic heterocycles. The van der Waals surface area contributed by atoms with Crippen LogP contribution in [0.4, 0.5) is 4.79 Å². The molecular formula is C12H20N2O5. The zero-order chi connectivity index (χ0) is 14.2. The fourth-order valence-electron chi connectivity index (χ4n) is 2.79. The topological polar surface area (TPSA) is 101 Å². The first-order valence-electron chi connectivity index (χ1n) is 6.54. The number of β-amino-alcohol motifs (C(OH)–C–C–N with tert-alkyl or cyclic N) is 2. The molecule has 2 aliphatic rings. The number of hydrogen-bond acceptors (Lipinski definition) is 4. The third-order valence-corrected chi connectivity index (χ3v) is 4.00. The average Bonchev–Trinajstić information content (AvgIpc) is 2.68. The van der Waals surface area contributed by atoms with Gasteiger partial charge in [-0.3, -0.25) is 4.79 Å². The minimum absolute atomic E-state index is 0.131. The van der Waals surface area contributed by atoms with Crippen molar-refractivity contribution in [1.82, 2.24) is 9.80 Å². The van der Waals surface area contributed by atoms with Gasteiger partial charge in [0.05, 0.1) is 31.2 Å². The van der Waals surface area contributed by atoms with E-state index in [1.165, 1.54) is 4.90 Å². The number of hydrogen-bond donors (Lipinski definition) is 3. The molecule has 0 aromatic carbocycles. The first-order valence-corrected chi connectivity index (χ1v) is 6.54. The van der Waals surface area contributed by atoms with Crippen molar-refractivity contribution in [3.05, 3.63) is 0 Å². The van der Waals surface area contributed by atoms with Crippen LogP contribution in [0.2, 0.25) is 0 Å². The van der Waals surface area contributed by atoms with E-state index in [1.807, 2.05) is 6.92 Å². The monoisotopic (exact) mass is 272 g/mol. The Hall–Kier alpha value is -1.34. The summed E-state index contributed by atoms with van der Waals surface area (Å²) in [5, 5.41) is 27.9. The van der Waals surface area contributed by atoms with E-state index in [2.05, 4.69) is 0 Å². The van der Waals surface area contributed by atoms with Crippen LogP contribution < -0.4 is 0 Å². The van der Waals surface area contributed by atoms with E-state index in [1.54, 1.807) is 4.90 Å². The third kappa shape index (κ3) is 2.82. The number of carbonyl (C=O) groups excluding carboxylic acids is 1. The van der Waals surface area contributed by atoms with Gasteiger partial charge in [0, 0.05) is 12.6 Å². The van der Waals surface area contributed by atoms with Crippen molar-refractivity contribution in [2.24, 2.45) is 5.92 Å². The molecular weight excluding hydrogens is 252 g/mol. The van der Waals surface area contributed by atoms with Gasteiger partial charge in [0.1, 0.15) is 0 Å². The van der Waals surface area contributed by atoms with E-state index in [-0.39, 0.29) is 25.2 Å². The molecule has 2 heterocycles. The van der Waals surface area contributed by atoms with Crippen molar-refractivity contribution >= 4 is 12.0 Å². The van der Waals surface area contributed by atoms with Gasteiger partial charge < -0.3 is 25.1 Å². The van der Waals surface area contributed by atoms with Crippen LogP contribution in [0.3, 0.4) is 0 Å². The first-order chi connectivity index (χ1) is 8.90. The summed E-state index contributed by atoms with van der Waals surface area (Å²) in [7, 11) is 0. The first kappa shape index (κ1) is 14.1. The predicted molar refractivity (Wildman–Crippen MR) is 65.5 cm³/mol. The number of rotatable bonds is 1. The van der Waals surface area contributed by atoms with Gasteiger partial charge in [-0.15, -0.1) is 0 Å². The lowest BCUT2D eigenvalue weighted by Gasteiger charge is -2.38. The maximum absolute atomic E-state index is 12.3. The number of urea groups is 1. The highest BCUT2D eigenvalue weighted by Crippen LogP contribution is 2.25. The Morgan fingerprint density at radius 1 is 1.16 bits per heavy atom. The number of amides is 2. The van der Waals surface area contributed by atoms with Gasteiger partial charge in [-0.2, -0.15) is 0 Å². The largest absolute Gasteiger partial charge is 0.481 e.